The summed E-state index contributed by atoms with van der Waals surface area (Å²) in [5.41, 5.74) is 5.51. The normalized spacial score (nSPS) is 15.0. The maximum Gasteiger partial charge on any atom is 0.407 e. The number of ether oxygens (including phenoxy) is 2. The lowest BCUT2D eigenvalue weighted by molar-refractivity contribution is 0.0472. The van der Waals surface area contributed by atoms with Crippen molar-refractivity contribution in [3.05, 3.63) is 0 Å². The minimum absolute atomic E-state index is 0.114. The molecule has 108 valence electrons. The fourth-order valence-electron chi connectivity index (χ4n) is 1.53. The molecule has 0 unspecified atom stereocenters. The highest BCUT2D eigenvalue weighted by Gasteiger charge is 2.23. The average Bonchev–Trinajstić information content (AvgIpc) is 2.22. The topological polar surface area (TPSA) is 73.6 Å². The highest BCUT2D eigenvalue weighted by Crippen LogP contribution is 2.08. The Balaban J connectivity index is 4.29. The minimum atomic E-state index is -0.495. The van der Waals surface area contributed by atoms with E-state index in [2.05, 4.69) is 12.2 Å². The summed E-state index contributed by atoms with van der Waals surface area (Å²) in [7, 11) is 0. The van der Waals surface area contributed by atoms with Crippen LogP contribution in [0.4, 0.5) is 4.79 Å². The Labute approximate surface area is 110 Å². The van der Waals surface area contributed by atoms with E-state index in [0.717, 1.165) is 12.8 Å². The summed E-state index contributed by atoms with van der Waals surface area (Å²) < 4.78 is 10.5. The van der Waals surface area contributed by atoms with Crippen molar-refractivity contribution in [3.63, 3.8) is 0 Å². The van der Waals surface area contributed by atoms with Crippen LogP contribution in [0.2, 0.25) is 0 Å². The predicted octanol–water partition coefficient (Wildman–Crippen LogP) is 2.04. The zero-order chi connectivity index (χ0) is 14.2. The van der Waals surface area contributed by atoms with E-state index < -0.39 is 11.7 Å². The maximum atomic E-state index is 11.7. The molecule has 0 heterocycles. The largest absolute Gasteiger partial charge is 0.444 e. The first kappa shape index (κ1) is 17.2. The second-order valence-electron chi connectivity index (χ2n) is 5.36. The van der Waals surface area contributed by atoms with E-state index in [4.69, 9.17) is 15.2 Å². The fraction of sp³-hybridized carbons (Fsp3) is 0.923. The van der Waals surface area contributed by atoms with Crippen LogP contribution in [0.5, 0.6) is 0 Å². The maximum absolute atomic E-state index is 11.7. The molecular weight excluding hydrogens is 232 g/mol. The van der Waals surface area contributed by atoms with Crippen LogP contribution < -0.4 is 11.1 Å². The summed E-state index contributed by atoms with van der Waals surface area (Å²) in [5, 5.41) is 2.82. The average molecular weight is 260 g/mol. The van der Waals surface area contributed by atoms with Gasteiger partial charge in [0.15, 0.2) is 0 Å². The SMILES string of the molecule is CCC[C@@H](NC(=O)OC(C)(C)C)[C@@H](N)COCC. The molecule has 5 heteroatoms. The third kappa shape index (κ3) is 8.31. The van der Waals surface area contributed by atoms with Crippen molar-refractivity contribution in [2.45, 2.75) is 65.1 Å². The summed E-state index contributed by atoms with van der Waals surface area (Å²) in [6.45, 7) is 10.5. The Morgan fingerprint density at radius 3 is 2.39 bits per heavy atom. The summed E-state index contributed by atoms with van der Waals surface area (Å²) in [5.74, 6) is 0. The molecule has 0 spiro atoms. The molecule has 0 aliphatic heterocycles. The molecule has 18 heavy (non-hydrogen) atoms. The van der Waals surface area contributed by atoms with E-state index in [1.165, 1.54) is 0 Å². The molecule has 0 rings (SSSR count). The van der Waals surface area contributed by atoms with Gasteiger partial charge in [-0.25, -0.2) is 4.79 Å². The van der Waals surface area contributed by atoms with Crippen molar-refractivity contribution in [2.75, 3.05) is 13.2 Å². The number of hydrogen-bond donors (Lipinski definition) is 2. The molecule has 0 aromatic rings. The molecule has 0 saturated carbocycles. The number of amides is 1. The summed E-state index contributed by atoms with van der Waals surface area (Å²) >= 11 is 0. The van der Waals surface area contributed by atoms with Crippen LogP contribution in [0, 0.1) is 0 Å². The Hall–Kier alpha value is -0.810. The molecule has 0 radical (unpaired) electrons. The highest BCUT2D eigenvalue weighted by molar-refractivity contribution is 5.68. The van der Waals surface area contributed by atoms with Crippen LogP contribution in [-0.2, 0) is 9.47 Å². The molecule has 0 fully saturated rings. The number of alkyl carbamates (subject to hydrolysis) is 1. The van der Waals surface area contributed by atoms with Crippen LogP contribution in [0.15, 0.2) is 0 Å². The molecule has 1 amide bonds. The quantitative estimate of drug-likeness (QED) is 0.734. The van der Waals surface area contributed by atoms with Crippen LogP contribution in [0.3, 0.4) is 0 Å². The van der Waals surface area contributed by atoms with Crippen LogP contribution in [0.1, 0.15) is 47.5 Å². The lowest BCUT2D eigenvalue weighted by Gasteiger charge is -2.27. The van der Waals surface area contributed by atoms with Crippen molar-refractivity contribution in [3.8, 4) is 0 Å². The smallest absolute Gasteiger partial charge is 0.407 e. The zero-order valence-corrected chi connectivity index (χ0v) is 12.3. The third-order valence-electron chi connectivity index (χ3n) is 2.33. The first-order valence-electron chi connectivity index (χ1n) is 6.63. The van der Waals surface area contributed by atoms with Crippen LogP contribution in [-0.4, -0.2) is 37.0 Å². The summed E-state index contributed by atoms with van der Waals surface area (Å²) in [4.78, 5) is 11.7. The van der Waals surface area contributed by atoms with Crippen molar-refractivity contribution in [2.24, 2.45) is 5.73 Å². The molecule has 2 atom stereocenters. The first-order chi connectivity index (χ1) is 8.30. The Bertz CT molecular complexity index is 239. The summed E-state index contributed by atoms with van der Waals surface area (Å²) in [6.07, 6.45) is 1.33. The number of hydrogen-bond acceptors (Lipinski definition) is 4. The van der Waals surface area contributed by atoms with E-state index in [9.17, 15) is 4.79 Å². The molecule has 0 aromatic heterocycles. The molecular formula is C13H28N2O3. The van der Waals surface area contributed by atoms with Gasteiger partial charge in [-0.1, -0.05) is 13.3 Å². The van der Waals surface area contributed by atoms with E-state index in [-0.39, 0.29) is 12.1 Å². The van der Waals surface area contributed by atoms with Gasteiger partial charge in [-0.2, -0.15) is 0 Å². The van der Waals surface area contributed by atoms with Crippen LogP contribution in [0.25, 0.3) is 0 Å². The van der Waals surface area contributed by atoms with E-state index in [1.54, 1.807) is 0 Å². The van der Waals surface area contributed by atoms with Gasteiger partial charge in [-0.15, -0.1) is 0 Å². The molecule has 3 N–H and O–H groups in total. The molecule has 0 aromatic carbocycles. The van der Waals surface area contributed by atoms with Crippen molar-refractivity contribution < 1.29 is 14.3 Å². The number of nitrogens with two attached hydrogens (primary N) is 1. The lowest BCUT2D eigenvalue weighted by atomic mass is 10.1. The molecule has 0 aliphatic carbocycles. The van der Waals surface area contributed by atoms with Gasteiger partial charge in [0.25, 0.3) is 0 Å². The zero-order valence-electron chi connectivity index (χ0n) is 12.3. The third-order valence-corrected chi connectivity index (χ3v) is 2.33. The molecule has 0 saturated heterocycles. The second-order valence-corrected chi connectivity index (χ2v) is 5.36. The molecule has 5 nitrogen and oxygen atoms in total. The van der Waals surface area contributed by atoms with Gasteiger partial charge in [-0.05, 0) is 34.1 Å². The first-order valence-corrected chi connectivity index (χ1v) is 6.63. The van der Waals surface area contributed by atoms with Gasteiger partial charge in [0, 0.05) is 18.7 Å². The standard InChI is InChI=1S/C13H28N2O3/c1-6-8-11(10(14)9-17-7-2)15-12(16)18-13(3,4)5/h10-11H,6-9,14H2,1-5H3,(H,15,16)/t10-,11+/m0/s1. The van der Waals surface area contributed by atoms with Gasteiger partial charge in [0.05, 0.1) is 6.61 Å². The van der Waals surface area contributed by atoms with Gasteiger partial charge in [-0.3, -0.25) is 0 Å². The van der Waals surface area contributed by atoms with E-state index in [0.29, 0.717) is 13.2 Å². The van der Waals surface area contributed by atoms with E-state index in [1.807, 2.05) is 27.7 Å². The molecule has 0 aliphatic rings. The van der Waals surface area contributed by atoms with Crippen LogP contribution >= 0.6 is 0 Å². The lowest BCUT2D eigenvalue weighted by Crippen LogP contribution is -2.51. The van der Waals surface area contributed by atoms with Crippen molar-refractivity contribution >= 4 is 6.09 Å². The van der Waals surface area contributed by atoms with Gasteiger partial charge >= 0.3 is 6.09 Å². The predicted molar refractivity (Wildman–Crippen MR) is 72.5 cm³/mol. The fourth-order valence-corrected chi connectivity index (χ4v) is 1.53. The number of nitrogens with one attached hydrogen (secondary N) is 1. The van der Waals surface area contributed by atoms with Crippen molar-refractivity contribution in [1.82, 2.24) is 5.32 Å². The molecule has 0 bridgehead atoms. The number of rotatable bonds is 7. The monoisotopic (exact) mass is 260 g/mol. The van der Waals surface area contributed by atoms with Gasteiger partial charge in [0.2, 0.25) is 0 Å². The van der Waals surface area contributed by atoms with Gasteiger partial charge in [0.1, 0.15) is 5.60 Å². The van der Waals surface area contributed by atoms with E-state index >= 15 is 0 Å². The Morgan fingerprint density at radius 2 is 1.94 bits per heavy atom. The minimum Gasteiger partial charge on any atom is -0.444 e. The summed E-state index contributed by atoms with van der Waals surface area (Å²) in [6, 6.07) is -0.325. The number of carbonyl (C=O) groups is 1. The second kappa shape index (κ2) is 8.32. The highest BCUT2D eigenvalue weighted by atomic mass is 16.6. The van der Waals surface area contributed by atoms with Gasteiger partial charge < -0.3 is 20.5 Å². The Morgan fingerprint density at radius 1 is 1.33 bits per heavy atom. The Kier molecular flexibility index (Phi) is 7.95. The van der Waals surface area contributed by atoms with Crippen molar-refractivity contribution in [1.29, 1.82) is 0 Å². The number of carbonyl (C=O) groups excluding carboxylic acids is 1.